The molecule has 0 aliphatic carbocycles. The Labute approximate surface area is 107 Å². The molecule has 0 aromatic rings. The Kier molecular flexibility index (Phi) is 3.30. The maximum Gasteiger partial charge on any atom is 0.0352 e. The number of likely N-dealkylation sites (tertiary alicyclic amines) is 2. The maximum absolute atomic E-state index is 3.67. The zero-order valence-electron chi connectivity index (χ0n) is 12.4. The normalized spacial score (nSPS) is 25.8. The van der Waals surface area contributed by atoms with Crippen molar-refractivity contribution in [3.05, 3.63) is 0 Å². The van der Waals surface area contributed by atoms with Crippen LogP contribution in [0, 0.1) is 0 Å². The van der Waals surface area contributed by atoms with Crippen LogP contribution in [-0.4, -0.2) is 59.1 Å². The average molecular weight is 239 g/mol. The smallest absolute Gasteiger partial charge is 0.0352 e. The fourth-order valence-corrected chi connectivity index (χ4v) is 2.75. The second-order valence-electron chi connectivity index (χ2n) is 7.77. The molecule has 3 heteroatoms. The Morgan fingerprint density at radius 2 is 1.41 bits per heavy atom. The molecule has 2 rings (SSSR count). The number of rotatable bonds is 2. The fourth-order valence-electron chi connectivity index (χ4n) is 2.75. The van der Waals surface area contributed by atoms with Gasteiger partial charge < -0.3 is 5.32 Å². The molecule has 2 fully saturated rings. The number of hydrogen-bond acceptors (Lipinski definition) is 3. The van der Waals surface area contributed by atoms with Gasteiger partial charge in [-0.15, -0.1) is 0 Å². The maximum atomic E-state index is 3.67. The molecule has 1 N–H and O–H groups in total. The van der Waals surface area contributed by atoms with Gasteiger partial charge in [0.25, 0.3) is 0 Å². The topological polar surface area (TPSA) is 18.5 Å². The lowest BCUT2D eigenvalue weighted by Gasteiger charge is -2.56. The standard InChI is InChI=1S/C14H29N3/c1-13(2,3)15-11-7-16(8-11)12-9-17(10-12)14(4,5)6/h11-12,15H,7-10H2,1-6H3. The van der Waals surface area contributed by atoms with Crippen molar-refractivity contribution < 1.29 is 0 Å². The summed E-state index contributed by atoms with van der Waals surface area (Å²) in [5, 5.41) is 3.67. The Morgan fingerprint density at radius 3 is 1.82 bits per heavy atom. The first-order valence-corrected chi connectivity index (χ1v) is 6.92. The van der Waals surface area contributed by atoms with Gasteiger partial charge in [0.15, 0.2) is 0 Å². The molecule has 0 aromatic heterocycles. The second-order valence-corrected chi connectivity index (χ2v) is 7.77. The third-order valence-corrected chi connectivity index (χ3v) is 3.87. The molecular formula is C14H29N3. The van der Waals surface area contributed by atoms with E-state index in [2.05, 4.69) is 56.7 Å². The number of nitrogens with one attached hydrogen (secondary N) is 1. The Hall–Kier alpha value is -0.120. The summed E-state index contributed by atoms with van der Waals surface area (Å²) in [5.41, 5.74) is 0.609. The molecule has 0 radical (unpaired) electrons. The highest BCUT2D eigenvalue weighted by atomic mass is 15.4. The van der Waals surface area contributed by atoms with E-state index in [1.165, 1.54) is 26.2 Å². The molecule has 0 saturated carbocycles. The minimum absolute atomic E-state index is 0.258. The lowest BCUT2D eigenvalue weighted by Crippen LogP contribution is -2.72. The van der Waals surface area contributed by atoms with E-state index in [1.54, 1.807) is 0 Å². The van der Waals surface area contributed by atoms with Crippen LogP contribution in [0.5, 0.6) is 0 Å². The largest absolute Gasteiger partial charge is 0.307 e. The molecule has 17 heavy (non-hydrogen) atoms. The summed E-state index contributed by atoms with van der Waals surface area (Å²) in [6.07, 6.45) is 0. The van der Waals surface area contributed by atoms with Crippen molar-refractivity contribution in [2.75, 3.05) is 26.2 Å². The highest BCUT2D eigenvalue weighted by molar-refractivity contribution is 5.00. The van der Waals surface area contributed by atoms with E-state index in [0.29, 0.717) is 11.6 Å². The molecule has 2 saturated heterocycles. The van der Waals surface area contributed by atoms with Crippen LogP contribution in [0.3, 0.4) is 0 Å². The Morgan fingerprint density at radius 1 is 0.882 bits per heavy atom. The first kappa shape index (κ1) is 13.3. The van der Waals surface area contributed by atoms with Gasteiger partial charge in [-0.1, -0.05) is 0 Å². The monoisotopic (exact) mass is 239 g/mol. The van der Waals surface area contributed by atoms with Crippen LogP contribution in [0.25, 0.3) is 0 Å². The summed E-state index contributed by atoms with van der Waals surface area (Å²) in [6.45, 7) is 18.7. The van der Waals surface area contributed by atoms with Crippen molar-refractivity contribution in [2.45, 2.75) is 64.7 Å². The van der Waals surface area contributed by atoms with Crippen LogP contribution in [0.2, 0.25) is 0 Å². The van der Waals surface area contributed by atoms with Crippen molar-refractivity contribution in [1.82, 2.24) is 15.1 Å². The van der Waals surface area contributed by atoms with Crippen LogP contribution in [0.4, 0.5) is 0 Å². The highest BCUT2D eigenvalue weighted by Crippen LogP contribution is 2.27. The summed E-state index contributed by atoms with van der Waals surface area (Å²) in [7, 11) is 0. The molecule has 2 heterocycles. The van der Waals surface area contributed by atoms with E-state index in [1.807, 2.05) is 0 Å². The SMILES string of the molecule is CC(C)(C)NC1CN(C2CN(C(C)(C)C)C2)C1. The van der Waals surface area contributed by atoms with Crippen molar-refractivity contribution in [2.24, 2.45) is 0 Å². The molecule has 3 nitrogen and oxygen atoms in total. The van der Waals surface area contributed by atoms with E-state index < -0.39 is 0 Å². The lowest BCUT2D eigenvalue weighted by molar-refractivity contribution is -0.0576. The van der Waals surface area contributed by atoms with Crippen molar-refractivity contribution in [3.63, 3.8) is 0 Å². The van der Waals surface area contributed by atoms with Gasteiger partial charge in [0.2, 0.25) is 0 Å². The summed E-state index contributed by atoms with van der Waals surface area (Å²) >= 11 is 0. The zero-order valence-corrected chi connectivity index (χ0v) is 12.4. The van der Waals surface area contributed by atoms with Gasteiger partial charge in [-0.25, -0.2) is 0 Å². The van der Waals surface area contributed by atoms with Crippen LogP contribution in [-0.2, 0) is 0 Å². The number of nitrogens with zero attached hydrogens (tertiary/aromatic N) is 2. The van der Waals surface area contributed by atoms with Crippen LogP contribution in [0.15, 0.2) is 0 Å². The Bertz CT molecular complexity index is 262. The van der Waals surface area contributed by atoms with Crippen LogP contribution < -0.4 is 5.32 Å². The van der Waals surface area contributed by atoms with Gasteiger partial charge >= 0.3 is 0 Å². The van der Waals surface area contributed by atoms with Crippen molar-refractivity contribution in [1.29, 1.82) is 0 Å². The van der Waals surface area contributed by atoms with Gasteiger partial charge in [-0.2, -0.15) is 0 Å². The summed E-state index contributed by atoms with van der Waals surface area (Å²) in [4.78, 5) is 5.20. The lowest BCUT2D eigenvalue weighted by atomic mass is 9.93. The molecule has 0 atom stereocenters. The van der Waals surface area contributed by atoms with Gasteiger partial charge in [-0.05, 0) is 41.5 Å². The predicted molar refractivity (Wildman–Crippen MR) is 73.4 cm³/mol. The van der Waals surface area contributed by atoms with Gasteiger partial charge in [0.05, 0.1) is 0 Å². The summed E-state index contributed by atoms with van der Waals surface area (Å²) in [5.74, 6) is 0. The van der Waals surface area contributed by atoms with Crippen LogP contribution >= 0.6 is 0 Å². The molecule has 0 aromatic carbocycles. The van der Waals surface area contributed by atoms with E-state index in [0.717, 1.165) is 6.04 Å². The third kappa shape index (κ3) is 3.21. The molecule has 0 bridgehead atoms. The predicted octanol–water partition coefficient (Wildman–Crippen LogP) is 1.54. The van der Waals surface area contributed by atoms with E-state index in [9.17, 15) is 0 Å². The molecule has 100 valence electrons. The molecule has 0 spiro atoms. The Balaban J connectivity index is 1.66. The minimum atomic E-state index is 0.258. The van der Waals surface area contributed by atoms with Gasteiger partial charge in [0, 0.05) is 49.3 Å². The molecule has 2 aliphatic heterocycles. The minimum Gasteiger partial charge on any atom is -0.307 e. The van der Waals surface area contributed by atoms with Crippen molar-refractivity contribution >= 4 is 0 Å². The summed E-state index contributed by atoms with van der Waals surface area (Å²) < 4.78 is 0. The molecule has 0 unspecified atom stereocenters. The van der Waals surface area contributed by atoms with Gasteiger partial charge in [0.1, 0.15) is 0 Å². The highest BCUT2D eigenvalue weighted by Gasteiger charge is 2.42. The van der Waals surface area contributed by atoms with E-state index in [4.69, 9.17) is 0 Å². The van der Waals surface area contributed by atoms with Crippen LogP contribution in [0.1, 0.15) is 41.5 Å². The van der Waals surface area contributed by atoms with E-state index >= 15 is 0 Å². The summed E-state index contributed by atoms with van der Waals surface area (Å²) in [6, 6.07) is 1.52. The van der Waals surface area contributed by atoms with Crippen molar-refractivity contribution in [3.8, 4) is 0 Å². The van der Waals surface area contributed by atoms with E-state index in [-0.39, 0.29) is 5.54 Å². The zero-order chi connectivity index (χ0) is 12.8. The quantitative estimate of drug-likeness (QED) is 0.788. The average Bonchev–Trinajstić information content (AvgIpc) is 1.90. The third-order valence-electron chi connectivity index (χ3n) is 3.87. The molecule has 2 aliphatic rings. The molecule has 0 amide bonds. The van der Waals surface area contributed by atoms with Gasteiger partial charge in [-0.3, -0.25) is 9.80 Å². The first-order valence-electron chi connectivity index (χ1n) is 6.92. The second kappa shape index (κ2) is 4.22. The molecular weight excluding hydrogens is 210 g/mol. The number of hydrogen-bond donors (Lipinski definition) is 1. The fraction of sp³-hybridized carbons (Fsp3) is 1.00. The first-order chi connectivity index (χ1) is 7.65.